The Labute approximate surface area is 48.8 Å². The van der Waals surface area contributed by atoms with E-state index in [2.05, 4.69) is 7.85 Å². The van der Waals surface area contributed by atoms with E-state index in [1.54, 1.807) is 0 Å². The molecule has 0 heterocycles. The predicted octanol–water partition coefficient (Wildman–Crippen LogP) is 0.198. The molecule has 0 atom stereocenters. The van der Waals surface area contributed by atoms with Crippen molar-refractivity contribution in [3.8, 4) is 0 Å². The van der Waals surface area contributed by atoms with Crippen LogP contribution in [0.25, 0.3) is 0 Å². The molecule has 0 aliphatic rings. The molecular formula is CH3BCoFe. The first-order valence-corrected chi connectivity index (χ1v) is 0.577. The molecule has 0 aromatic heterocycles. The molecule has 0 rings (SSSR count). The van der Waals surface area contributed by atoms with Gasteiger partial charge in [0.15, 0.2) is 0 Å². The van der Waals surface area contributed by atoms with Gasteiger partial charge in [-0.3, -0.25) is 0 Å². The monoisotopic (exact) mass is 141 g/mol. The quantitative estimate of drug-likeness (QED) is 0.422. The topological polar surface area (TPSA) is 0 Å². The Morgan fingerprint density at radius 3 is 1.25 bits per heavy atom. The zero-order valence-corrected chi connectivity index (χ0v) is 4.41. The third kappa shape index (κ3) is 11.4. The van der Waals surface area contributed by atoms with Gasteiger partial charge in [0.05, 0.1) is 7.85 Å². The number of hydrogen-bond donors (Lipinski definition) is 0. The van der Waals surface area contributed by atoms with E-state index in [4.69, 9.17) is 0 Å². The second-order valence-corrected chi connectivity index (χ2v) is 0. The van der Waals surface area contributed by atoms with Crippen LogP contribution in [-0.4, -0.2) is 7.85 Å². The summed E-state index contributed by atoms with van der Waals surface area (Å²) in [5.41, 5.74) is 0. The van der Waals surface area contributed by atoms with Crippen LogP contribution in [0, 0.1) is 0 Å². The maximum Gasteiger partial charge on any atom is 0.0606 e. The van der Waals surface area contributed by atoms with Gasteiger partial charge < -0.3 is 0 Å². The Balaban J connectivity index is -0.00000000500. The fourth-order valence-electron chi connectivity index (χ4n) is 0. The largest absolute Gasteiger partial charge is 0.0999 e. The van der Waals surface area contributed by atoms with E-state index in [0.717, 1.165) is 0 Å². The molecule has 0 nitrogen and oxygen atoms in total. The first-order valence-electron chi connectivity index (χ1n) is 0.577. The molecule has 0 saturated heterocycles. The van der Waals surface area contributed by atoms with Gasteiger partial charge in [0.1, 0.15) is 0 Å². The van der Waals surface area contributed by atoms with Crippen molar-refractivity contribution in [1.82, 2.24) is 0 Å². The number of rotatable bonds is 0. The molecule has 0 unspecified atom stereocenters. The molecule has 0 spiro atoms. The van der Waals surface area contributed by atoms with Crippen molar-refractivity contribution in [2.24, 2.45) is 0 Å². The zero-order valence-electron chi connectivity index (χ0n) is 2.26. The summed E-state index contributed by atoms with van der Waals surface area (Å²) < 4.78 is 0. The maximum absolute atomic E-state index is 4.50. The van der Waals surface area contributed by atoms with E-state index in [1.807, 2.05) is 0 Å². The van der Waals surface area contributed by atoms with Crippen molar-refractivity contribution in [3.63, 3.8) is 0 Å². The SMILES string of the molecule is [B]C.[Co].[Fe]. The van der Waals surface area contributed by atoms with Crippen LogP contribution in [0.2, 0.25) is 6.82 Å². The summed E-state index contributed by atoms with van der Waals surface area (Å²) in [4.78, 5) is 0. The fraction of sp³-hybridized carbons (Fsp3) is 1.00. The molecule has 0 amide bonds. The first kappa shape index (κ1) is 19.5. The fourth-order valence-corrected chi connectivity index (χ4v) is 0. The van der Waals surface area contributed by atoms with Gasteiger partial charge in [0, 0.05) is 33.8 Å². The molecule has 0 aliphatic carbocycles. The van der Waals surface area contributed by atoms with E-state index in [1.165, 1.54) is 6.82 Å². The van der Waals surface area contributed by atoms with Crippen molar-refractivity contribution in [2.45, 2.75) is 6.82 Å². The van der Waals surface area contributed by atoms with E-state index in [0.29, 0.717) is 0 Å². The zero-order chi connectivity index (χ0) is 2.00. The van der Waals surface area contributed by atoms with Gasteiger partial charge in [0.2, 0.25) is 0 Å². The Hall–Kier alpha value is 1.09. The van der Waals surface area contributed by atoms with E-state index in [-0.39, 0.29) is 33.8 Å². The Morgan fingerprint density at radius 2 is 1.25 bits per heavy atom. The minimum atomic E-state index is 0. The van der Waals surface area contributed by atoms with Gasteiger partial charge in [-0.25, -0.2) is 0 Å². The average molecular weight is 141 g/mol. The molecule has 4 heavy (non-hydrogen) atoms. The van der Waals surface area contributed by atoms with Gasteiger partial charge in [-0.1, -0.05) is 6.82 Å². The summed E-state index contributed by atoms with van der Waals surface area (Å²) in [7, 11) is 4.50. The smallest absolute Gasteiger partial charge is 0.0606 e. The van der Waals surface area contributed by atoms with Crippen molar-refractivity contribution in [1.29, 1.82) is 0 Å². The second kappa shape index (κ2) is 32.8. The number of hydrogen-bond acceptors (Lipinski definition) is 0. The average Bonchev–Trinajstić information content (AvgIpc) is 1.00. The summed E-state index contributed by atoms with van der Waals surface area (Å²) in [5.74, 6) is 0. The van der Waals surface area contributed by atoms with Gasteiger partial charge in [-0.15, -0.1) is 0 Å². The van der Waals surface area contributed by atoms with Crippen molar-refractivity contribution >= 4 is 7.85 Å². The van der Waals surface area contributed by atoms with Gasteiger partial charge in [0.25, 0.3) is 0 Å². The van der Waals surface area contributed by atoms with E-state index in [9.17, 15) is 0 Å². The van der Waals surface area contributed by atoms with Crippen molar-refractivity contribution < 1.29 is 33.8 Å². The minimum absolute atomic E-state index is 0. The minimum Gasteiger partial charge on any atom is -0.0999 e. The van der Waals surface area contributed by atoms with E-state index < -0.39 is 0 Å². The summed E-state index contributed by atoms with van der Waals surface area (Å²) in [5, 5.41) is 0. The summed E-state index contributed by atoms with van der Waals surface area (Å²) >= 11 is 0. The maximum atomic E-state index is 4.50. The van der Waals surface area contributed by atoms with Crippen LogP contribution in [0.1, 0.15) is 0 Å². The molecule has 3 heteroatoms. The molecular weight excluding hydrogens is 138 g/mol. The van der Waals surface area contributed by atoms with Crippen LogP contribution in [-0.2, 0) is 33.8 Å². The van der Waals surface area contributed by atoms with Crippen LogP contribution in [0.5, 0.6) is 0 Å². The molecule has 0 saturated carbocycles. The third-order valence-corrected chi connectivity index (χ3v) is 0. The molecule has 0 bridgehead atoms. The normalized spacial score (nSPS) is 1.25. The van der Waals surface area contributed by atoms with Gasteiger partial charge in [-0.2, -0.15) is 0 Å². The van der Waals surface area contributed by atoms with Crippen LogP contribution in [0.4, 0.5) is 0 Å². The second-order valence-electron chi connectivity index (χ2n) is 0. The Morgan fingerprint density at radius 1 is 1.25 bits per heavy atom. The third-order valence-electron chi connectivity index (χ3n) is 0. The van der Waals surface area contributed by atoms with Crippen LogP contribution < -0.4 is 0 Å². The molecule has 0 aliphatic heterocycles. The van der Waals surface area contributed by atoms with Crippen LogP contribution in [0.3, 0.4) is 0 Å². The molecule has 0 aromatic rings. The molecule has 0 fully saturated rings. The van der Waals surface area contributed by atoms with E-state index >= 15 is 0 Å². The first-order chi connectivity index (χ1) is 1.00. The van der Waals surface area contributed by atoms with Crippen molar-refractivity contribution in [2.75, 3.05) is 0 Å². The van der Waals surface area contributed by atoms with Crippen molar-refractivity contribution in [3.05, 3.63) is 0 Å². The summed E-state index contributed by atoms with van der Waals surface area (Å²) in [6.45, 7) is 1.50. The van der Waals surface area contributed by atoms with Gasteiger partial charge >= 0.3 is 0 Å². The van der Waals surface area contributed by atoms with Crippen LogP contribution in [0.15, 0.2) is 0 Å². The molecule has 0 N–H and O–H groups in total. The standard InChI is InChI=1S/CH3B.Co.Fe/c1-2;;/h1H3;;. The van der Waals surface area contributed by atoms with Crippen LogP contribution >= 0.6 is 0 Å². The predicted molar refractivity (Wildman–Crippen MR) is 11.6 cm³/mol. The summed E-state index contributed by atoms with van der Waals surface area (Å²) in [6.07, 6.45) is 0. The molecule has 3 radical (unpaired) electrons. The molecule has 0 aromatic carbocycles. The molecule has 27 valence electrons. The van der Waals surface area contributed by atoms with Gasteiger partial charge in [-0.05, 0) is 0 Å². The Kier molecular flexibility index (Phi) is 160. The summed E-state index contributed by atoms with van der Waals surface area (Å²) in [6, 6.07) is 0. The Bertz CT molecular complexity index is 8.00.